The van der Waals surface area contributed by atoms with E-state index in [-0.39, 0.29) is 11.1 Å². The molecular weight excluding hydrogens is 386 g/mol. The van der Waals surface area contributed by atoms with E-state index in [1.54, 1.807) is 38.1 Å². The van der Waals surface area contributed by atoms with Gasteiger partial charge in [0.15, 0.2) is 0 Å². The van der Waals surface area contributed by atoms with Crippen molar-refractivity contribution in [3.8, 4) is 0 Å². The number of hydrogen-bond donors (Lipinski definition) is 2. The lowest BCUT2D eigenvalue weighted by Gasteiger charge is -2.09. The first kappa shape index (κ1) is 20.7. The van der Waals surface area contributed by atoms with Crippen molar-refractivity contribution in [3.63, 3.8) is 0 Å². The zero-order valence-corrected chi connectivity index (χ0v) is 17.0. The molecule has 0 aliphatic heterocycles. The van der Waals surface area contributed by atoms with Gasteiger partial charge < -0.3 is 8.83 Å². The van der Waals surface area contributed by atoms with Gasteiger partial charge in [0.2, 0.25) is 0 Å². The molecule has 0 atom stereocenters. The highest BCUT2D eigenvalue weighted by atomic mass is 16.3. The molecule has 2 N–H and O–H groups in total. The van der Waals surface area contributed by atoms with Gasteiger partial charge in [0.25, 0.3) is 11.8 Å². The molecule has 0 aromatic carbocycles. The number of carbonyl (C=O) groups excluding carboxylic acids is 2. The maximum atomic E-state index is 12.5. The van der Waals surface area contributed by atoms with Crippen molar-refractivity contribution >= 4 is 24.2 Å². The van der Waals surface area contributed by atoms with Crippen LogP contribution in [0.1, 0.15) is 55.1 Å². The molecule has 3 rings (SSSR count). The Morgan fingerprint density at radius 2 is 1.23 bits per heavy atom. The molecule has 30 heavy (non-hydrogen) atoms. The number of nitrogens with zero attached hydrogens (tertiary/aromatic N) is 3. The predicted octanol–water partition coefficient (Wildman–Crippen LogP) is 3.03. The monoisotopic (exact) mass is 407 g/mol. The van der Waals surface area contributed by atoms with E-state index < -0.39 is 11.8 Å². The number of pyridine rings is 1. The van der Waals surface area contributed by atoms with Crippen LogP contribution in [0, 0.1) is 27.7 Å². The Labute approximate surface area is 172 Å². The summed E-state index contributed by atoms with van der Waals surface area (Å²) in [6.07, 6.45) is 2.78. The van der Waals surface area contributed by atoms with Crippen molar-refractivity contribution in [2.24, 2.45) is 10.2 Å². The Morgan fingerprint density at radius 3 is 1.60 bits per heavy atom. The first-order valence-electron chi connectivity index (χ1n) is 9.11. The summed E-state index contributed by atoms with van der Waals surface area (Å²) in [5.74, 6) is 1.50. The number of carbonyl (C=O) groups is 2. The number of hydrazone groups is 2. The third-order valence-electron chi connectivity index (χ3n) is 4.13. The Balaban J connectivity index is 1.70. The van der Waals surface area contributed by atoms with Crippen molar-refractivity contribution in [2.45, 2.75) is 27.7 Å². The minimum absolute atomic E-state index is 0.226. The molecule has 0 aliphatic carbocycles. The summed E-state index contributed by atoms with van der Waals surface area (Å²) in [5, 5.41) is 7.75. The highest BCUT2D eigenvalue weighted by molar-refractivity contribution is 6.01. The molecule has 0 spiro atoms. The molecule has 0 saturated carbocycles. The highest BCUT2D eigenvalue weighted by Gasteiger charge is 2.17. The van der Waals surface area contributed by atoms with Crippen molar-refractivity contribution < 1.29 is 18.4 Å². The molecule has 2 amide bonds. The number of aromatic nitrogens is 1. The van der Waals surface area contributed by atoms with Gasteiger partial charge in [0, 0.05) is 0 Å². The molecule has 0 radical (unpaired) electrons. The van der Waals surface area contributed by atoms with Gasteiger partial charge in [0.05, 0.1) is 34.9 Å². The lowest BCUT2D eigenvalue weighted by Crippen LogP contribution is -2.23. The third kappa shape index (κ3) is 5.07. The van der Waals surface area contributed by atoms with Gasteiger partial charge in [-0.2, -0.15) is 10.2 Å². The second-order valence-corrected chi connectivity index (χ2v) is 6.55. The van der Waals surface area contributed by atoms with Gasteiger partial charge >= 0.3 is 0 Å². The van der Waals surface area contributed by atoms with Crippen LogP contribution in [0.4, 0.5) is 0 Å². The summed E-state index contributed by atoms with van der Waals surface area (Å²) in [6, 6.07) is 8.50. The van der Waals surface area contributed by atoms with E-state index in [4.69, 9.17) is 8.83 Å². The van der Waals surface area contributed by atoms with Crippen molar-refractivity contribution in [1.82, 2.24) is 15.8 Å². The van der Waals surface area contributed by atoms with Gasteiger partial charge in [-0.25, -0.2) is 10.9 Å². The standard InChI is InChI=1S/C21H21N5O4/c1-12-5-7-16(29-12)10-22-25-20(27)18-9-19(15(4)24-14(18)3)21(28)26-23-11-17-8-6-13(2)30-17/h5-11H,1-4H3,(H,25,27)(H,26,28)/b22-10+,23-11+. The van der Waals surface area contributed by atoms with Crippen molar-refractivity contribution in [3.05, 3.63) is 75.9 Å². The molecular formula is C21H21N5O4. The number of aryl methyl sites for hydroxylation is 4. The predicted molar refractivity (Wildman–Crippen MR) is 111 cm³/mol. The normalized spacial score (nSPS) is 11.3. The van der Waals surface area contributed by atoms with Crippen LogP contribution in [0.15, 0.2) is 49.4 Å². The quantitative estimate of drug-likeness (QED) is 0.480. The minimum atomic E-state index is -0.497. The summed E-state index contributed by atoms with van der Waals surface area (Å²) in [7, 11) is 0. The summed E-state index contributed by atoms with van der Waals surface area (Å²) in [4.78, 5) is 29.3. The van der Waals surface area contributed by atoms with E-state index >= 15 is 0 Å². The first-order valence-corrected chi connectivity index (χ1v) is 9.11. The lowest BCUT2D eigenvalue weighted by atomic mass is 10.1. The maximum absolute atomic E-state index is 12.5. The summed E-state index contributed by atoms with van der Waals surface area (Å²) in [5.41, 5.74) is 6.21. The molecule has 9 nitrogen and oxygen atoms in total. The van der Waals surface area contributed by atoms with Gasteiger partial charge in [-0.3, -0.25) is 14.6 Å². The minimum Gasteiger partial charge on any atom is -0.460 e. The van der Waals surface area contributed by atoms with Gasteiger partial charge in [0.1, 0.15) is 23.0 Å². The summed E-state index contributed by atoms with van der Waals surface area (Å²) < 4.78 is 10.7. The molecule has 0 unspecified atom stereocenters. The molecule has 9 heteroatoms. The van der Waals surface area contributed by atoms with E-state index in [9.17, 15) is 9.59 Å². The Hall–Kier alpha value is -4.01. The molecule has 0 aliphatic rings. The van der Waals surface area contributed by atoms with Crippen LogP contribution in [0.3, 0.4) is 0 Å². The first-order chi connectivity index (χ1) is 14.3. The van der Waals surface area contributed by atoms with Crippen molar-refractivity contribution in [1.29, 1.82) is 0 Å². The SMILES string of the molecule is Cc1ccc(/C=N/NC(=O)c2cc(C(=O)N/N=C/c3ccc(C)o3)c(C)nc2C)o1. The zero-order chi connectivity index (χ0) is 21.7. The molecule has 3 aromatic rings. The van der Waals surface area contributed by atoms with Crippen LogP contribution < -0.4 is 10.9 Å². The van der Waals surface area contributed by atoms with E-state index in [2.05, 4.69) is 26.0 Å². The third-order valence-corrected chi connectivity index (χ3v) is 4.13. The molecule has 3 heterocycles. The number of nitrogens with one attached hydrogen (secondary N) is 2. The smallest absolute Gasteiger partial charge is 0.273 e. The number of amides is 2. The van der Waals surface area contributed by atoms with Crippen LogP contribution in [0.25, 0.3) is 0 Å². The Bertz CT molecular complexity index is 1050. The van der Waals surface area contributed by atoms with Crippen LogP contribution >= 0.6 is 0 Å². The number of furan rings is 2. The van der Waals surface area contributed by atoms with Crippen LogP contribution in [0.5, 0.6) is 0 Å². The lowest BCUT2D eigenvalue weighted by molar-refractivity contribution is 0.0954. The number of rotatable bonds is 6. The van der Waals surface area contributed by atoms with E-state index in [1.165, 1.54) is 18.5 Å². The van der Waals surface area contributed by atoms with Gasteiger partial charge in [-0.15, -0.1) is 0 Å². The van der Waals surface area contributed by atoms with Crippen LogP contribution in [-0.4, -0.2) is 29.2 Å². The maximum Gasteiger partial charge on any atom is 0.273 e. The fraction of sp³-hybridized carbons (Fsp3) is 0.190. The summed E-state index contributed by atoms with van der Waals surface area (Å²) >= 11 is 0. The second-order valence-electron chi connectivity index (χ2n) is 6.55. The Kier molecular flexibility index (Phi) is 6.21. The fourth-order valence-electron chi connectivity index (χ4n) is 2.66. The van der Waals surface area contributed by atoms with Gasteiger partial charge in [-0.1, -0.05) is 0 Å². The van der Waals surface area contributed by atoms with Gasteiger partial charge in [-0.05, 0) is 58.0 Å². The van der Waals surface area contributed by atoms with Crippen LogP contribution in [0.2, 0.25) is 0 Å². The Morgan fingerprint density at radius 1 is 0.800 bits per heavy atom. The van der Waals surface area contributed by atoms with E-state index in [0.717, 1.165) is 11.5 Å². The molecule has 154 valence electrons. The van der Waals surface area contributed by atoms with E-state index in [1.807, 2.05) is 13.8 Å². The molecule has 0 bridgehead atoms. The fourth-order valence-corrected chi connectivity index (χ4v) is 2.66. The molecule has 0 saturated heterocycles. The van der Waals surface area contributed by atoms with E-state index in [0.29, 0.717) is 22.9 Å². The average Bonchev–Trinajstić information content (AvgIpc) is 3.29. The summed E-state index contributed by atoms with van der Waals surface area (Å²) in [6.45, 7) is 6.98. The van der Waals surface area contributed by atoms with Crippen molar-refractivity contribution in [2.75, 3.05) is 0 Å². The average molecular weight is 407 g/mol. The number of hydrogen-bond acceptors (Lipinski definition) is 7. The molecule has 0 fully saturated rings. The molecule has 3 aromatic heterocycles. The highest BCUT2D eigenvalue weighted by Crippen LogP contribution is 2.13. The zero-order valence-electron chi connectivity index (χ0n) is 17.0. The second kappa shape index (κ2) is 8.99. The topological polar surface area (TPSA) is 122 Å². The largest absolute Gasteiger partial charge is 0.460 e. The van der Waals surface area contributed by atoms with Crippen LogP contribution in [-0.2, 0) is 0 Å².